The number of halogens is 2. The van der Waals surface area contributed by atoms with Gasteiger partial charge in [-0.05, 0) is 96.5 Å². The summed E-state index contributed by atoms with van der Waals surface area (Å²) in [4.78, 5) is 0. The Morgan fingerprint density at radius 1 is 0.610 bits per heavy atom. The molecule has 2 nitrogen and oxygen atoms in total. The monoisotopic (exact) mass is 602 g/mol. The lowest BCUT2D eigenvalue weighted by Crippen LogP contribution is -2.00. The molecule has 4 aromatic rings. The highest BCUT2D eigenvalue weighted by Crippen LogP contribution is 2.47. The summed E-state index contributed by atoms with van der Waals surface area (Å²) in [7, 11) is 3.30. The fourth-order valence-electron chi connectivity index (χ4n) is 4.62. The van der Waals surface area contributed by atoms with Gasteiger partial charge in [-0.25, -0.2) is 0 Å². The van der Waals surface area contributed by atoms with Crippen molar-refractivity contribution in [2.75, 3.05) is 14.2 Å². The van der Waals surface area contributed by atoms with Crippen molar-refractivity contribution >= 4 is 47.1 Å². The van der Waals surface area contributed by atoms with E-state index in [-0.39, 0.29) is 10.5 Å². The lowest BCUT2D eigenvalue weighted by Gasteiger charge is -2.22. The average molecular weight is 604 g/mol. The van der Waals surface area contributed by atoms with E-state index in [2.05, 4.69) is 88.4 Å². The first-order valence-corrected chi connectivity index (χ1v) is 15.2. The molecular formula is C36H36Cl2O2S. The molecule has 0 aromatic heterocycles. The Labute approximate surface area is 259 Å². The molecule has 0 spiro atoms. The van der Waals surface area contributed by atoms with E-state index in [1.807, 2.05) is 36.4 Å². The SMILES string of the molecule is COc1ccc(C(/C=C\c2cccc(C)c2C)SC(/C=C\c2cccc(C)c2C)c2ccc(OC)cc2Cl)c(Cl)c1. The van der Waals surface area contributed by atoms with Crippen LogP contribution in [0.5, 0.6) is 11.5 Å². The Bertz CT molecular complexity index is 1460. The van der Waals surface area contributed by atoms with Crippen molar-refractivity contribution in [3.8, 4) is 11.5 Å². The summed E-state index contributed by atoms with van der Waals surface area (Å²) in [5.41, 5.74) is 9.44. The summed E-state index contributed by atoms with van der Waals surface area (Å²) in [5.74, 6) is 1.45. The van der Waals surface area contributed by atoms with E-state index in [9.17, 15) is 0 Å². The highest BCUT2D eigenvalue weighted by Gasteiger charge is 2.22. The zero-order valence-corrected chi connectivity index (χ0v) is 26.7. The maximum Gasteiger partial charge on any atom is 0.120 e. The Hall–Kier alpha value is -3.11. The number of rotatable bonds is 10. The minimum absolute atomic E-state index is 0.0697. The van der Waals surface area contributed by atoms with Crippen LogP contribution in [0.2, 0.25) is 10.0 Å². The van der Waals surface area contributed by atoms with Gasteiger partial charge in [0.15, 0.2) is 0 Å². The van der Waals surface area contributed by atoms with Gasteiger partial charge in [0.25, 0.3) is 0 Å². The molecule has 2 unspecified atom stereocenters. The first kappa shape index (κ1) is 30.8. The van der Waals surface area contributed by atoms with Crippen LogP contribution in [0, 0.1) is 27.7 Å². The van der Waals surface area contributed by atoms with Crippen molar-refractivity contribution in [3.63, 3.8) is 0 Å². The Morgan fingerprint density at radius 2 is 1.02 bits per heavy atom. The largest absolute Gasteiger partial charge is 0.497 e. The molecule has 0 aliphatic heterocycles. The topological polar surface area (TPSA) is 18.5 Å². The first-order valence-electron chi connectivity index (χ1n) is 13.5. The van der Waals surface area contributed by atoms with Crippen LogP contribution in [0.15, 0.2) is 84.9 Å². The summed E-state index contributed by atoms with van der Waals surface area (Å²) in [5, 5.41) is 1.18. The standard InChI is InChI=1S/C36H36Cl2O2S/c1-23-9-7-11-27(25(23)3)13-19-35(31-17-15-29(39-5)21-33(31)37)41-36(32-18-16-30(40-6)22-34(32)38)20-14-28-12-8-10-24(2)26(28)4/h7-22,35-36H,1-6H3/b19-13-,20-14-. The van der Waals surface area contributed by atoms with Crippen LogP contribution >= 0.6 is 35.0 Å². The summed E-state index contributed by atoms with van der Waals surface area (Å²) >= 11 is 15.5. The summed E-state index contributed by atoms with van der Waals surface area (Å²) < 4.78 is 10.9. The van der Waals surface area contributed by atoms with Crippen LogP contribution in [-0.2, 0) is 0 Å². The maximum absolute atomic E-state index is 6.86. The highest BCUT2D eigenvalue weighted by molar-refractivity contribution is 8.00. The van der Waals surface area contributed by atoms with Crippen LogP contribution < -0.4 is 9.47 Å². The maximum atomic E-state index is 6.86. The normalized spacial score (nSPS) is 13.1. The Morgan fingerprint density at radius 3 is 1.39 bits per heavy atom. The van der Waals surface area contributed by atoms with E-state index in [1.54, 1.807) is 26.0 Å². The molecule has 0 aliphatic rings. The van der Waals surface area contributed by atoms with E-state index in [4.69, 9.17) is 32.7 Å². The fourth-order valence-corrected chi connectivity index (χ4v) is 6.69. The molecule has 0 heterocycles. The molecule has 0 amide bonds. The lowest BCUT2D eigenvalue weighted by atomic mass is 10.0. The molecule has 0 bridgehead atoms. The number of benzene rings is 4. The quantitative estimate of drug-likeness (QED) is 0.180. The third-order valence-corrected chi connectivity index (χ3v) is 9.58. The van der Waals surface area contributed by atoms with E-state index in [0.29, 0.717) is 10.0 Å². The molecule has 4 aromatic carbocycles. The van der Waals surface area contributed by atoms with Crippen molar-refractivity contribution in [2.45, 2.75) is 38.2 Å². The van der Waals surface area contributed by atoms with Crippen LogP contribution in [0.1, 0.15) is 55.0 Å². The first-order chi connectivity index (χ1) is 19.7. The minimum Gasteiger partial charge on any atom is -0.497 e. The highest BCUT2D eigenvalue weighted by atomic mass is 35.5. The summed E-state index contributed by atoms with van der Waals surface area (Å²) in [6, 6.07) is 24.5. The summed E-state index contributed by atoms with van der Waals surface area (Å²) in [6.45, 7) is 8.59. The van der Waals surface area contributed by atoms with E-state index in [1.165, 1.54) is 33.4 Å². The number of ether oxygens (including phenoxy) is 2. The third kappa shape index (κ3) is 7.60. The molecule has 2 atom stereocenters. The zero-order valence-electron chi connectivity index (χ0n) is 24.4. The second-order valence-corrected chi connectivity index (χ2v) is 12.2. The number of aryl methyl sites for hydroxylation is 2. The predicted molar refractivity (Wildman–Crippen MR) is 179 cm³/mol. The minimum atomic E-state index is -0.0697. The van der Waals surface area contributed by atoms with Crippen molar-refractivity contribution in [1.29, 1.82) is 0 Å². The lowest BCUT2D eigenvalue weighted by molar-refractivity contribution is 0.414. The van der Waals surface area contributed by atoms with Gasteiger partial charge in [-0.1, -0.05) is 96.0 Å². The smallest absolute Gasteiger partial charge is 0.120 e. The van der Waals surface area contributed by atoms with Crippen molar-refractivity contribution in [1.82, 2.24) is 0 Å². The van der Waals surface area contributed by atoms with Crippen molar-refractivity contribution < 1.29 is 9.47 Å². The molecule has 4 rings (SSSR count). The second-order valence-electron chi connectivity index (χ2n) is 10.0. The molecule has 5 heteroatoms. The van der Waals surface area contributed by atoms with Gasteiger partial charge in [-0.2, -0.15) is 0 Å². The summed E-state index contributed by atoms with van der Waals surface area (Å²) in [6.07, 6.45) is 8.86. The van der Waals surface area contributed by atoms with Gasteiger partial charge in [0.1, 0.15) is 11.5 Å². The average Bonchev–Trinajstić information content (AvgIpc) is 2.97. The number of hydrogen-bond donors (Lipinski definition) is 0. The van der Waals surface area contributed by atoms with Crippen molar-refractivity contribution in [3.05, 3.63) is 140 Å². The second kappa shape index (κ2) is 14.2. The van der Waals surface area contributed by atoms with Gasteiger partial charge in [0, 0.05) is 10.0 Å². The van der Waals surface area contributed by atoms with Crippen LogP contribution in [0.4, 0.5) is 0 Å². The van der Waals surface area contributed by atoms with Crippen molar-refractivity contribution in [2.24, 2.45) is 0 Å². The van der Waals surface area contributed by atoms with Gasteiger partial charge < -0.3 is 9.47 Å². The number of methoxy groups -OCH3 is 2. The van der Waals surface area contributed by atoms with Crippen LogP contribution in [-0.4, -0.2) is 14.2 Å². The predicted octanol–water partition coefficient (Wildman–Crippen LogP) is 11.2. The molecule has 0 saturated heterocycles. The molecule has 0 radical (unpaired) electrons. The van der Waals surface area contributed by atoms with Gasteiger partial charge >= 0.3 is 0 Å². The van der Waals surface area contributed by atoms with Crippen LogP contribution in [0.3, 0.4) is 0 Å². The van der Waals surface area contributed by atoms with Gasteiger partial charge in [-0.3, -0.25) is 0 Å². The van der Waals surface area contributed by atoms with Crippen LogP contribution in [0.25, 0.3) is 12.2 Å². The Kier molecular flexibility index (Phi) is 10.7. The molecule has 0 fully saturated rings. The molecule has 0 saturated carbocycles. The third-order valence-electron chi connectivity index (χ3n) is 7.52. The molecule has 0 N–H and O–H groups in total. The van der Waals surface area contributed by atoms with E-state index in [0.717, 1.165) is 22.6 Å². The van der Waals surface area contributed by atoms with Gasteiger partial charge in [-0.15, -0.1) is 11.8 Å². The molecule has 0 aliphatic carbocycles. The zero-order chi connectivity index (χ0) is 29.5. The van der Waals surface area contributed by atoms with E-state index < -0.39 is 0 Å². The number of thioether (sulfide) groups is 1. The number of hydrogen-bond acceptors (Lipinski definition) is 3. The Balaban J connectivity index is 1.81. The molecule has 212 valence electrons. The molecule has 41 heavy (non-hydrogen) atoms. The van der Waals surface area contributed by atoms with E-state index >= 15 is 0 Å². The molecular weight excluding hydrogens is 567 g/mol. The van der Waals surface area contributed by atoms with Gasteiger partial charge in [0.2, 0.25) is 0 Å². The van der Waals surface area contributed by atoms with Gasteiger partial charge in [0.05, 0.1) is 24.7 Å². The fraction of sp³-hybridized carbons (Fsp3) is 0.222.